The Labute approximate surface area is 161 Å². The van der Waals surface area contributed by atoms with E-state index in [1.807, 2.05) is 4.90 Å². The highest BCUT2D eigenvalue weighted by Gasteiger charge is 2.40. The largest absolute Gasteiger partial charge is 0.457 e. The van der Waals surface area contributed by atoms with Crippen LogP contribution in [-0.4, -0.2) is 61.3 Å². The summed E-state index contributed by atoms with van der Waals surface area (Å²) in [7, 11) is -3.65. The number of hydrogen-bond donors (Lipinski definition) is 1. The predicted octanol–water partition coefficient (Wildman–Crippen LogP) is 1.20. The molecule has 0 amide bonds. The quantitative estimate of drug-likeness (QED) is 0.726. The van der Waals surface area contributed by atoms with Crippen molar-refractivity contribution in [3.8, 4) is 17.0 Å². The summed E-state index contributed by atoms with van der Waals surface area (Å²) in [5, 5.41) is -0.290. The van der Waals surface area contributed by atoms with E-state index in [1.165, 1.54) is 19.2 Å². The maximum atomic E-state index is 13.2. The molecule has 11 heteroatoms. The molecule has 1 unspecified atom stereocenters. The summed E-state index contributed by atoms with van der Waals surface area (Å²) >= 11 is 0. The van der Waals surface area contributed by atoms with E-state index >= 15 is 0 Å². The van der Waals surface area contributed by atoms with Crippen LogP contribution in [0.5, 0.6) is 5.75 Å². The van der Waals surface area contributed by atoms with Gasteiger partial charge in [0.25, 0.3) is 0 Å². The molecule has 28 heavy (non-hydrogen) atoms. The summed E-state index contributed by atoms with van der Waals surface area (Å²) in [5.74, 6) is 0.585. The number of rotatable bonds is 5. The number of sulfone groups is 1. The van der Waals surface area contributed by atoms with Gasteiger partial charge in [0.2, 0.25) is 21.4 Å². The Bertz CT molecular complexity index is 1020. The summed E-state index contributed by atoms with van der Waals surface area (Å²) in [6, 6.07) is 3.32. The van der Waals surface area contributed by atoms with Gasteiger partial charge in [-0.2, -0.15) is 0 Å². The van der Waals surface area contributed by atoms with E-state index in [9.17, 15) is 12.8 Å². The highest BCUT2D eigenvalue weighted by atomic mass is 32.2. The van der Waals surface area contributed by atoms with Crippen LogP contribution in [0.3, 0.4) is 0 Å². The van der Waals surface area contributed by atoms with Gasteiger partial charge >= 0.3 is 0 Å². The average molecular weight is 409 g/mol. The van der Waals surface area contributed by atoms with Crippen LogP contribution in [0.2, 0.25) is 0 Å². The average Bonchev–Trinajstić information content (AvgIpc) is 3.25. The first-order chi connectivity index (χ1) is 13.2. The SMILES string of the molecule is CC(F)Oc1cc(-c2cc(N3C[C@@H]4C[C@H]3CO4)nc(S(C)(=O)=O)n2)cnc1N. The minimum Gasteiger partial charge on any atom is -0.457 e. The topological polar surface area (TPSA) is 121 Å². The molecule has 9 nitrogen and oxygen atoms in total. The molecule has 2 saturated heterocycles. The first kappa shape index (κ1) is 18.8. The highest BCUT2D eigenvalue weighted by molar-refractivity contribution is 7.90. The van der Waals surface area contributed by atoms with E-state index < -0.39 is 16.2 Å². The van der Waals surface area contributed by atoms with Crippen LogP contribution in [0.15, 0.2) is 23.5 Å². The fourth-order valence-corrected chi connectivity index (χ4v) is 3.94. The monoisotopic (exact) mass is 409 g/mol. The predicted molar refractivity (Wildman–Crippen MR) is 99.5 cm³/mol. The van der Waals surface area contributed by atoms with Crippen LogP contribution < -0.4 is 15.4 Å². The van der Waals surface area contributed by atoms with E-state index in [0.29, 0.717) is 30.2 Å². The number of fused-ring (bicyclic) bond motifs is 2. The lowest BCUT2D eigenvalue weighted by atomic mass is 10.2. The van der Waals surface area contributed by atoms with Crippen LogP contribution in [0.1, 0.15) is 13.3 Å². The summed E-state index contributed by atoms with van der Waals surface area (Å²) < 4.78 is 48.1. The lowest BCUT2D eigenvalue weighted by Crippen LogP contribution is -2.37. The maximum absolute atomic E-state index is 13.2. The second-order valence-corrected chi connectivity index (χ2v) is 8.84. The van der Waals surface area contributed by atoms with Gasteiger partial charge in [0.15, 0.2) is 11.6 Å². The van der Waals surface area contributed by atoms with Gasteiger partial charge in [-0.15, -0.1) is 0 Å². The molecule has 0 saturated carbocycles. The normalized spacial score (nSPS) is 22.5. The van der Waals surface area contributed by atoms with Crippen molar-refractivity contribution in [2.75, 3.05) is 30.0 Å². The number of anilines is 2. The van der Waals surface area contributed by atoms with Crippen molar-refractivity contribution in [2.24, 2.45) is 0 Å². The molecule has 0 spiro atoms. The molecule has 0 radical (unpaired) electrons. The molecular weight excluding hydrogens is 389 g/mol. The van der Waals surface area contributed by atoms with E-state index in [0.717, 1.165) is 12.7 Å². The van der Waals surface area contributed by atoms with Crippen molar-refractivity contribution < 1.29 is 22.3 Å². The second kappa shape index (κ2) is 6.82. The Morgan fingerprint density at radius 3 is 2.79 bits per heavy atom. The molecule has 2 bridgehead atoms. The molecular formula is C17H20FN5O4S. The minimum absolute atomic E-state index is 0.0277. The van der Waals surface area contributed by atoms with Gasteiger partial charge in [-0.05, 0) is 12.5 Å². The summed E-state index contributed by atoms with van der Waals surface area (Å²) in [6.45, 7) is 2.44. The lowest BCUT2D eigenvalue weighted by molar-refractivity contribution is 0.0866. The van der Waals surface area contributed by atoms with Crippen molar-refractivity contribution in [1.29, 1.82) is 0 Å². The standard InChI is InChI=1S/C17H20FN5O4S/c1-9(18)27-14-3-10(6-20-16(14)19)13-5-15(22-17(21-13)28(2,24)25)23-7-12-4-11(23)8-26-12/h3,5-6,9,11-12H,4,7-8H2,1-2H3,(H2,19,20)/t9?,11-,12-/m0/s1. The Morgan fingerprint density at radius 1 is 1.39 bits per heavy atom. The van der Waals surface area contributed by atoms with Crippen LogP contribution >= 0.6 is 0 Å². The number of pyridine rings is 1. The molecule has 4 rings (SSSR count). The maximum Gasteiger partial charge on any atom is 0.249 e. The van der Waals surface area contributed by atoms with Gasteiger partial charge in [0, 0.05) is 37.6 Å². The molecule has 150 valence electrons. The van der Waals surface area contributed by atoms with Gasteiger partial charge in [-0.3, -0.25) is 0 Å². The lowest BCUT2D eigenvalue weighted by Gasteiger charge is -2.28. The summed E-state index contributed by atoms with van der Waals surface area (Å²) in [4.78, 5) is 14.5. The highest BCUT2D eigenvalue weighted by Crippen LogP contribution is 2.34. The molecule has 2 aliphatic rings. The van der Waals surface area contributed by atoms with Crippen LogP contribution in [0.4, 0.5) is 16.0 Å². The van der Waals surface area contributed by atoms with Crippen LogP contribution in [0.25, 0.3) is 11.3 Å². The zero-order valence-corrected chi connectivity index (χ0v) is 16.2. The zero-order valence-electron chi connectivity index (χ0n) is 15.4. The molecule has 2 aromatic rings. The Kier molecular flexibility index (Phi) is 4.58. The number of alkyl halides is 1. The molecule has 2 aromatic heterocycles. The Balaban J connectivity index is 1.79. The van der Waals surface area contributed by atoms with Crippen LogP contribution in [-0.2, 0) is 14.6 Å². The van der Waals surface area contributed by atoms with Crippen molar-refractivity contribution in [2.45, 2.75) is 37.0 Å². The third kappa shape index (κ3) is 3.59. The van der Waals surface area contributed by atoms with Gasteiger partial charge in [-0.1, -0.05) is 0 Å². The van der Waals surface area contributed by atoms with Gasteiger partial charge in [0.05, 0.1) is 24.4 Å². The van der Waals surface area contributed by atoms with E-state index in [-0.39, 0.29) is 28.9 Å². The third-order valence-electron chi connectivity index (χ3n) is 4.69. The summed E-state index contributed by atoms with van der Waals surface area (Å²) in [5.41, 5.74) is 6.51. The number of morpholine rings is 1. The van der Waals surface area contributed by atoms with Crippen molar-refractivity contribution in [3.63, 3.8) is 0 Å². The molecule has 0 aromatic carbocycles. The fraction of sp³-hybridized carbons (Fsp3) is 0.471. The van der Waals surface area contributed by atoms with Crippen molar-refractivity contribution >= 4 is 21.5 Å². The minimum atomic E-state index is -3.65. The number of ether oxygens (including phenoxy) is 2. The fourth-order valence-electron chi connectivity index (χ4n) is 3.42. The second-order valence-electron chi connectivity index (χ2n) is 6.93. The van der Waals surface area contributed by atoms with Gasteiger partial charge < -0.3 is 20.1 Å². The number of nitrogens with two attached hydrogens (primary N) is 1. The molecule has 3 atom stereocenters. The van der Waals surface area contributed by atoms with Gasteiger partial charge in [-0.25, -0.2) is 27.8 Å². The number of nitrogen functional groups attached to an aromatic ring is 1. The number of halogens is 1. The van der Waals surface area contributed by atoms with Crippen LogP contribution in [0, 0.1) is 0 Å². The molecule has 2 fully saturated rings. The molecule has 2 aliphatic heterocycles. The smallest absolute Gasteiger partial charge is 0.249 e. The zero-order chi connectivity index (χ0) is 20.1. The first-order valence-corrected chi connectivity index (χ1v) is 10.6. The van der Waals surface area contributed by atoms with E-state index in [1.54, 1.807) is 6.07 Å². The van der Waals surface area contributed by atoms with Crippen molar-refractivity contribution in [1.82, 2.24) is 15.0 Å². The summed E-state index contributed by atoms with van der Waals surface area (Å²) in [6.07, 6.45) is 1.91. The molecule has 4 heterocycles. The molecule has 2 N–H and O–H groups in total. The molecule has 0 aliphatic carbocycles. The number of nitrogens with zero attached hydrogens (tertiary/aromatic N) is 4. The van der Waals surface area contributed by atoms with E-state index in [4.69, 9.17) is 15.2 Å². The van der Waals surface area contributed by atoms with E-state index in [2.05, 4.69) is 15.0 Å². The first-order valence-electron chi connectivity index (χ1n) is 8.74. The number of aromatic nitrogens is 3. The third-order valence-corrected chi connectivity index (χ3v) is 5.53. The number of hydrogen-bond acceptors (Lipinski definition) is 9. The van der Waals surface area contributed by atoms with Crippen molar-refractivity contribution in [3.05, 3.63) is 18.3 Å². The van der Waals surface area contributed by atoms with Gasteiger partial charge in [0.1, 0.15) is 5.82 Å². The Morgan fingerprint density at radius 2 is 2.18 bits per heavy atom. The Hall–Kier alpha value is -2.53.